The SMILES string of the molecule is CN(C)c1ccc(/N=C\c2ccccc2OCc2ccc(Br)cc2)cc1. The van der Waals surface area contributed by atoms with Crippen LogP contribution >= 0.6 is 15.9 Å². The monoisotopic (exact) mass is 408 g/mol. The minimum absolute atomic E-state index is 0.523. The molecule has 3 aromatic rings. The molecule has 132 valence electrons. The van der Waals surface area contributed by atoms with Gasteiger partial charge in [0.2, 0.25) is 0 Å². The molecule has 0 saturated heterocycles. The first-order valence-corrected chi connectivity index (χ1v) is 9.19. The molecule has 0 atom stereocenters. The molecule has 0 heterocycles. The first kappa shape index (κ1) is 18.2. The summed E-state index contributed by atoms with van der Waals surface area (Å²) in [6.07, 6.45) is 1.85. The molecule has 0 fully saturated rings. The Balaban J connectivity index is 1.71. The first-order valence-electron chi connectivity index (χ1n) is 8.39. The molecule has 0 aliphatic rings. The molecule has 0 N–H and O–H groups in total. The van der Waals surface area contributed by atoms with E-state index in [9.17, 15) is 0 Å². The van der Waals surface area contributed by atoms with Gasteiger partial charge in [-0.15, -0.1) is 0 Å². The van der Waals surface area contributed by atoms with Crippen molar-refractivity contribution in [2.24, 2.45) is 4.99 Å². The van der Waals surface area contributed by atoms with Crippen LogP contribution in [0.1, 0.15) is 11.1 Å². The van der Waals surface area contributed by atoms with Crippen LogP contribution < -0.4 is 9.64 Å². The van der Waals surface area contributed by atoms with E-state index in [1.54, 1.807) is 0 Å². The highest BCUT2D eigenvalue weighted by atomic mass is 79.9. The third kappa shape index (κ3) is 4.96. The molecule has 0 bridgehead atoms. The van der Waals surface area contributed by atoms with Crippen molar-refractivity contribution in [1.29, 1.82) is 0 Å². The lowest BCUT2D eigenvalue weighted by molar-refractivity contribution is 0.306. The zero-order valence-electron chi connectivity index (χ0n) is 14.9. The number of hydrogen-bond donors (Lipinski definition) is 0. The zero-order chi connectivity index (χ0) is 18.4. The Hall–Kier alpha value is -2.59. The maximum Gasteiger partial charge on any atom is 0.128 e. The molecule has 3 aromatic carbocycles. The van der Waals surface area contributed by atoms with Crippen LogP contribution in [-0.2, 0) is 6.61 Å². The van der Waals surface area contributed by atoms with Crippen LogP contribution in [0.2, 0.25) is 0 Å². The minimum Gasteiger partial charge on any atom is -0.488 e. The van der Waals surface area contributed by atoms with Gasteiger partial charge in [-0.1, -0.05) is 40.2 Å². The Morgan fingerprint density at radius 2 is 1.62 bits per heavy atom. The number of aliphatic imine (C=N–C) groups is 1. The Labute approximate surface area is 163 Å². The first-order chi connectivity index (χ1) is 12.6. The zero-order valence-corrected chi connectivity index (χ0v) is 16.5. The topological polar surface area (TPSA) is 24.8 Å². The highest BCUT2D eigenvalue weighted by Crippen LogP contribution is 2.21. The van der Waals surface area contributed by atoms with E-state index in [1.807, 2.05) is 81.0 Å². The number of rotatable bonds is 6. The standard InChI is InChI=1S/C22H21BrN2O/c1-25(2)21-13-11-20(12-14-21)24-15-18-5-3-4-6-22(18)26-16-17-7-9-19(23)10-8-17/h3-15H,16H2,1-2H3/b24-15-. The summed E-state index contributed by atoms with van der Waals surface area (Å²) in [4.78, 5) is 6.64. The van der Waals surface area contributed by atoms with Crippen LogP contribution in [-0.4, -0.2) is 20.3 Å². The van der Waals surface area contributed by atoms with Gasteiger partial charge in [0.15, 0.2) is 0 Å². The smallest absolute Gasteiger partial charge is 0.128 e. The van der Waals surface area contributed by atoms with Gasteiger partial charge >= 0.3 is 0 Å². The number of halogens is 1. The van der Waals surface area contributed by atoms with Gasteiger partial charge in [-0.25, -0.2) is 0 Å². The molecule has 0 aliphatic heterocycles. The van der Waals surface area contributed by atoms with E-state index in [0.717, 1.165) is 32.7 Å². The van der Waals surface area contributed by atoms with Crippen molar-refractivity contribution in [3.8, 4) is 5.75 Å². The van der Waals surface area contributed by atoms with Gasteiger partial charge in [-0.2, -0.15) is 0 Å². The molecule has 0 saturated carbocycles. The van der Waals surface area contributed by atoms with Crippen molar-refractivity contribution in [2.45, 2.75) is 6.61 Å². The van der Waals surface area contributed by atoms with E-state index in [1.165, 1.54) is 0 Å². The van der Waals surface area contributed by atoms with Gasteiger partial charge < -0.3 is 9.64 Å². The van der Waals surface area contributed by atoms with E-state index < -0.39 is 0 Å². The van der Waals surface area contributed by atoms with Gasteiger partial charge in [0.05, 0.1) is 5.69 Å². The van der Waals surface area contributed by atoms with Crippen molar-refractivity contribution < 1.29 is 4.74 Å². The molecule has 0 aliphatic carbocycles. The molecule has 0 aromatic heterocycles. The average molecular weight is 409 g/mol. The Morgan fingerprint density at radius 1 is 0.923 bits per heavy atom. The van der Waals surface area contributed by atoms with Crippen LogP contribution in [0.4, 0.5) is 11.4 Å². The number of para-hydroxylation sites is 1. The Kier molecular flexibility index (Phi) is 6.08. The van der Waals surface area contributed by atoms with Crippen molar-refractivity contribution in [3.63, 3.8) is 0 Å². The quantitative estimate of drug-likeness (QED) is 0.478. The second-order valence-electron chi connectivity index (χ2n) is 6.12. The highest BCUT2D eigenvalue weighted by molar-refractivity contribution is 9.10. The molecule has 0 radical (unpaired) electrons. The highest BCUT2D eigenvalue weighted by Gasteiger charge is 2.02. The number of ether oxygens (including phenoxy) is 1. The molecule has 4 heteroatoms. The molecule has 0 unspecified atom stereocenters. The summed E-state index contributed by atoms with van der Waals surface area (Å²) >= 11 is 3.45. The van der Waals surface area contributed by atoms with Crippen LogP contribution in [0.3, 0.4) is 0 Å². The number of anilines is 1. The summed E-state index contributed by atoms with van der Waals surface area (Å²) in [5.74, 6) is 0.823. The van der Waals surface area contributed by atoms with Gasteiger partial charge in [-0.3, -0.25) is 4.99 Å². The lowest BCUT2D eigenvalue weighted by Gasteiger charge is -2.11. The molecule has 3 rings (SSSR count). The Morgan fingerprint density at radius 3 is 2.31 bits per heavy atom. The van der Waals surface area contributed by atoms with E-state index >= 15 is 0 Å². The van der Waals surface area contributed by atoms with E-state index in [0.29, 0.717) is 6.61 Å². The van der Waals surface area contributed by atoms with Crippen LogP contribution in [0, 0.1) is 0 Å². The third-order valence-corrected chi connectivity index (χ3v) is 4.47. The van der Waals surface area contributed by atoms with Crippen molar-refractivity contribution in [1.82, 2.24) is 0 Å². The molecule has 0 spiro atoms. The van der Waals surface area contributed by atoms with Crippen LogP contribution in [0.25, 0.3) is 0 Å². The third-order valence-electron chi connectivity index (χ3n) is 3.95. The molecular formula is C22H21BrN2O. The lowest BCUT2D eigenvalue weighted by Crippen LogP contribution is -2.07. The predicted octanol–water partition coefficient (Wildman–Crippen LogP) is 5.84. The van der Waals surface area contributed by atoms with E-state index in [2.05, 4.69) is 38.0 Å². The largest absolute Gasteiger partial charge is 0.488 e. The van der Waals surface area contributed by atoms with E-state index in [-0.39, 0.29) is 0 Å². The Bertz CT molecular complexity index is 871. The summed E-state index contributed by atoms with van der Waals surface area (Å²) in [5.41, 5.74) is 4.15. The van der Waals surface area contributed by atoms with Crippen LogP contribution in [0.15, 0.2) is 82.3 Å². The minimum atomic E-state index is 0.523. The average Bonchev–Trinajstić information content (AvgIpc) is 2.67. The van der Waals surface area contributed by atoms with Crippen molar-refractivity contribution in [2.75, 3.05) is 19.0 Å². The summed E-state index contributed by atoms with van der Waals surface area (Å²) < 4.78 is 7.05. The predicted molar refractivity (Wildman–Crippen MR) is 113 cm³/mol. The normalized spacial score (nSPS) is 10.9. The summed E-state index contributed by atoms with van der Waals surface area (Å²) in [5, 5.41) is 0. The maximum atomic E-state index is 5.99. The van der Waals surface area contributed by atoms with Gasteiger partial charge in [0.25, 0.3) is 0 Å². The fourth-order valence-electron chi connectivity index (χ4n) is 2.44. The fraction of sp³-hybridized carbons (Fsp3) is 0.136. The second kappa shape index (κ2) is 8.68. The van der Waals surface area contributed by atoms with Crippen LogP contribution in [0.5, 0.6) is 5.75 Å². The fourth-order valence-corrected chi connectivity index (χ4v) is 2.71. The summed E-state index contributed by atoms with van der Waals surface area (Å²) in [6, 6.07) is 24.2. The van der Waals surface area contributed by atoms with Gasteiger partial charge in [0, 0.05) is 36.0 Å². The summed E-state index contributed by atoms with van der Waals surface area (Å²) in [6.45, 7) is 0.523. The number of hydrogen-bond acceptors (Lipinski definition) is 3. The molecular weight excluding hydrogens is 388 g/mol. The second-order valence-corrected chi connectivity index (χ2v) is 7.04. The molecule has 26 heavy (non-hydrogen) atoms. The van der Waals surface area contributed by atoms with Crippen molar-refractivity contribution >= 4 is 33.5 Å². The lowest BCUT2D eigenvalue weighted by atomic mass is 10.2. The number of benzene rings is 3. The van der Waals surface area contributed by atoms with Gasteiger partial charge in [-0.05, 0) is 54.1 Å². The van der Waals surface area contributed by atoms with Crippen molar-refractivity contribution in [3.05, 3.63) is 88.4 Å². The maximum absolute atomic E-state index is 5.99. The van der Waals surface area contributed by atoms with E-state index in [4.69, 9.17) is 4.74 Å². The summed E-state index contributed by atoms with van der Waals surface area (Å²) in [7, 11) is 4.05. The number of nitrogens with zero attached hydrogens (tertiary/aromatic N) is 2. The van der Waals surface area contributed by atoms with Gasteiger partial charge in [0.1, 0.15) is 12.4 Å². The molecule has 3 nitrogen and oxygen atoms in total. The molecule has 0 amide bonds.